The molecule has 1 aromatic rings. The summed E-state index contributed by atoms with van der Waals surface area (Å²) in [4.78, 5) is 12.8. The zero-order valence-corrected chi connectivity index (χ0v) is 16.5. The molecule has 1 heterocycles. The maximum absolute atomic E-state index is 11.8. The number of esters is 1. The van der Waals surface area contributed by atoms with E-state index in [0.29, 0.717) is 5.75 Å². The van der Waals surface area contributed by atoms with Crippen LogP contribution in [0.5, 0.6) is 0 Å². The highest BCUT2D eigenvalue weighted by Crippen LogP contribution is 2.36. The summed E-state index contributed by atoms with van der Waals surface area (Å²) in [5, 5.41) is 0. The van der Waals surface area contributed by atoms with Crippen LogP contribution in [-0.2, 0) is 18.8 Å². The van der Waals surface area contributed by atoms with Crippen molar-refractivity contribution in [3.63, 3.8) is 0 Å². The molecule has 132 valence electrons. The first-order chi connectivity index (χ1) is 10.9. The molecule has 0 N–H and O–H groups in total. The van der Waals surface area contributed by atoms with Gasteiger partial charge in [-0.25, -0.2) is 0 Å². The van der Waals surface area contributed by atoms with E-state index in [9.17, 15) is 4.79 Å². The Morgan fingerprint density at radius 2 is 1.58 bits per heavy atom. The van der Waals surface area contributed by atoms with E-state index in [2.05, 4.69) is 0 Å². The molecule has 1 aliphatic heterocycles. The third kappa shape index (κ3) is 4.77. The summed E-state index contributed by atoms with van der Waals surface area (Å²) in [6.45, 7) is 13.8. The SMILES string of the molecule is CC(C)(C)OC(=O)CSc1ccc(B2OC(C)(C)C(C)(C)O2)cc1. The molecule has 0 unspecified atom stereocenters. The normalized spacial score (nSPS) is 19.4. The van der Waals surface area contributed by atoms with Crippen LogP contribution >= 0.6 is 11.8 Å². The minimum atomic E-state index is -0.446. The Balaban J connectivity index is 1.94. The number of thioether (sulfide) groups is 1. The zero-order valence-electron chi connectivity index (χ0n) is 15.6. The Bertz CT molecular complexity index is 574. The topological polar surface area (TPSA) is 44.8 Å². The van der Waals surface area contributed by atoms with Crippen LogP contribution < -0.4 is 5.46 Å². The lowest BCUT2D eigenvalue weighted by Gasteiger charge is -2.32. The van der Waals surface area contributed by atoms with Crippen molar-refractivity contribution in [2.24, 2.45) is 0 Å². The average Bonchev–Trinajstić information content (AvgIpc) is 2.64. The van der Waals surface area contributed by atoms with E-state index < -0.39 is 5.60 Å². The molecule has 2 rings (SSSR count). The first-order valence-electron chi connectivity index (χ1n) is 8.20. The lowest BCUT2D eigenvalue weighted by Crippen LogP contribution is -2.41. The fourth-order valence-corrected chi connectivity index (χ4v) is 2.89. The summed E-state index contributed by atoms with van der Waals surface area (Å²) in [5.41, 5.74) is -0.155. The Morgan fingerprint density at radius 1 is 1.08 bits per heavy atom. The number of hydrogen-bond donors (Lipinski definition) is 0. The van der Waals surface area contributed by atoms with Gasteiger partial charge in [-0.3, -0.25) is 4.79 Å². The molecule has 0 amide bonds. The molecule has 0 aromatic heterocycles. The molecule has 1 aliphatic rings. The molecule has 1 aromatic carbocycles. The van der Waals surface area contributed by atoms with E-state index >= 15 is 0 Å². The van der Waals surface area contributed by atoms with Gasteiger partial charge in [-0.05, 0) is 66.1 Å². The van der Waals surface area contributed by atoms with Crippen LogP contribution in [0.4, 0.5) is 0 Å². The van der Waals surface area contributed by atoms with Crippen molar-refractivity contribution < 1.29 is 18.8 Å². The number of ether oxygens (including phenoxy) is 1. The van der Waals surface area contributed by atoms with E-state index in [1.165, 1.54) is 11.8 Å². The average molecular weight is 350 g/mol. The van der Waals surface area contributed by atoms with Gasteiger partial charge >= 0.3 is 13.1 Å². The first kappa shape index (κ1) is 19.4. The molecule has 0 radical (unpaired) electrons. The van der Waals surface area contributed by atoms with Crippen LogP contribution in [-0.4, -0.2) is 35.6 Å². The predicted octanol–water partition coefficient (Wildman–Crippen LogP) is 3.42. The third-order valence-electron chi connectivity index (χ3n) is 4.18. The van der Waals surface area contributed by atoms with Gasteiger partial charge in [0.05, 0.1) is 17.0 Å². The standard InChI is InChI=1S/C18H27BO4S/c1-16(2,3)21-15(20)12-24-14-10-8-13(9-11-14)19-22-17(4,5)18(6,7)23-19/h8-11H,12H2,1-7H3. The Labute approximate surface area is 149 Å². The molecule has 1 fully saturated rings. The molecule has 24 heavy (non-hydrogen) atoms. The van der Waals surface area contributed by atoms with E-state index in [4.69, 9.17) is 14.0 Å². The second kappa shape index (κ2) is 6.73. The van der Waals surface area contributed by atoms with Crippen LogP contribution in [0.2, 0.25) is 0 Å². The monoisotopic (exact) mass is 350 g/mol. The van der Waals surface area contributed by atoms with Gasteiger partial charge in [-0.15, -0.1) is 11.8 Å². The first-order valence-corrected chi connectivity index (χ1v) is 9.18. The third-order valence-corrected chi connectivity index (χ3v) is 5.17. The minimum absolute atomic E-state index is 0.206. The molecule has 0 saturated carbocycles. The fourth-order valence-electron chi connectivity index (χ4n) is 2.21. The van der Waals surface area contributed by atoms with Crippen LogP contribution in [0, 0.1) is 0 Å². The van der Waals surface area contributed by atoms with Gasteiger partial charge < -0.3 is 14.0 Å². The smallest absolute Gasteiger partial charge is 0.459 e. The summed E-state index contributed by atoms with van der Waals surface area (Å²) < 4.78 is 17.4. The van der Waals surface area contributed by atoms with E-state index in [0.717, 1.165) is 10.4 Å². The number of hydrogen-bond acceptors (Lipinski definition) is 5. The van der Waals surface area contributed by atoms with Gasteiger partial charge in [0.1, 0.15) is 5.60 Å². The van der Waals surface area contributed by atoms with E-state index in [1.807, 2.05) is 72.7 Å². The summed E-state index contributed by atoms with van der Waals surface area (Å²) in [7, 11) is -0.361. The van der Waals surface area contributed by atoms with Gasteiger partial charge in [-0.2, -0.15) is 0 Å². The number of benzene rings is 1. The Kier molecular flexibility index (Phi) is 5.43. The van der Waals surface area contributed by atoms with Crippen molar-refractivity contribution in [1.29, 1.82) is 0 Å². The lowest BCUT2D eigenvalue weighted by molar-refractivity contribution is -0.151. The van der Waals surface area contributed by atoms with Crippen LogP contribution in [0.15, 0.2) is 29.2 Å². The Morgan fingerprint density at radius 3 is 2.04 bits per heavy atom. The van der Waals surface area contributed by atoms with Crippen LogP contribution in [0.1, 0.15) is 48.5 Å². The van der Waals surface area contributed by atoms with Crippen molar-refractivity contribution in [3.8, 4) is 0 Å². The predicted molar refractivity (Wildman–Crippen MR) is 98.7 cm³/mol. The molecule has 1 saturated heterocycles. The molecule has 0 bridgehead atoms. The van der Waals surface area contributed by atoms with Gasteiger partial charge in [0, 0.05) is 4.90 Å². The molecule has 0 spiro atoms. The van der Waals surface area contributed by atoms with Crippen LogP contribution in [0.3, 0.4) is 0 Å². The maximum atomic E-state index is 11.8. The van der Waals surface area contributed by atoms with Crippen molar-refractivity contribution in [3.05, 3.63) is 24.3 Å². The van der Waals surface area contributed by atoms with Crippen molar-refractivity contribution in [2.45, 2.75) is 70.2 Å². The summed E-state index contributed by atoms with van der Waals surface area (Å²) in [5.74, 6) is 0.0927. The molecular formula is C18H27BO4S. The van der Waals surface area contributed by atoms with Gasteiger partial charge in [0.25, 0.3) is 0 Å². The van der Waals surface area contributed by atoms with E-state index in [1.54, 1.807) is 0 Å². The molecule has 6 heteroatoms. The highest BCUT2D eigenvalue weighted by Gasteiger charge is 2.51. The Hall–Kier alpha value is -0.975. The number of carbonyl (C=O) groups is 1. The highest BCUT2D eigenvalue weighted by molar-refractivity contribution is 8.00. The molecule has 0 aliphatic carbocycles. The van der Waals surface area contributed by atoms with Crippen molar-refractivity contribution >= 4 is 30.3 Å². The quantitative estimate of drug-likeness (QED) is 0.473. The molecule has 0 atom stereocenters. The maximum Gasteiger partial charge on any atom is 0.494 e. The lowest BCUT2D eigenvalue weighted by atomic mass is 9.79. The van der Waals surface area contributed by atoms with E-state index in [-0.39, 0.29) is 24.3 Å². The van der Waals surface area contributed by atoms with Gasteiger partial charge in [0.2, 0.25) is 0 Å². The number of carbonyl (C=O) groups excluding carboxylic acids is 1. The van der Waals surface area contributed by atoms with Crippen molar-refractivity contribution in [1.82, 2.24) is 0 Å². The second-order valence-corrected chi connectivity index (χ2v) is 9.08. The largest absolute Gasteiger partial charge is 0.494 e. The highest BCUT2D eigenvalue weighted by atomic mass is 32.2. The fraction of sp³-hybridized carbons (Fsp3) is 0.611. The van der Waals surface area contributed by atoms with Crippen molar-refractivity contribution in [2.75, 3.05) is 5.75 Å². The minimum Gasteiger partial charge on any atom is -0.459 e. The van der Waals surface area contributed by atoms with Crippen LogP contribution in [0.25, 0.3) is 0 Å². The molecule has 4 nitrogen and oxygen atoms in total. The second-order valence-electron chi connectivity index (χ2n) is 8.03. The summed E-state index contributed by atoms with van der Waals surface area (Å²) >= 11 is 1.46. The van der Waals surface area contributed by atoms with Gasteiger partial charge in [0.15, 0.2) is 0 Å². The summed E-state index contributed by atoms with van der Waals surface area (Å²) in [6.07, 6.45) is 0. The molecular weight excluding hydrogens is 323 g/mol. The van der Waals surface area contributed by atoms with Gasteiger partial charge in [-0.1, -0.05) is 12.1 Å². The summed E-state index contributed by atoms with van der Waals surface area (Å²) in [6, 6.07) is 7.93. The number of rotatable bonds is 4. The zero-order chi connectivity index (χ0) is 18.2.